The summed E-state index contributed by atoms with van der Waals surface area (Å²) in [7, 11) is 2.26. The molecule has 1 rings (SSSR count). The molecular formula is C15H31N. The third kappa shape index (κ3) is 3.23. The lowest BCUT2D eigenvalue weighted by Gasteiger charge is -2.50. The zero-order chi connectivity index (χ0) is 12.3. The van der Waals surface area contributed by atoms with Crippen LogP contribution in [0.5, 0.6) is 0 Å². The van der Waals surface area contributed by atoms with Gasteiger partial charge in [-0.3, -0.25) is 0 Å². The highest BCUT2D eigenvalue weighted by molar-refractivity contribution is 4.94. The highest BCUT2D eigenvalue weighted by Gasteiger charge is 2.43. The van der Waals surface area contributed by atoms with E-state index in [1.807, 2.05) is 0 Å². The van der Waals surface area contributed by atoms with E-state index in [1.165, 1.54) is 32.2 Å². The van der Waals surface area contributed by atoms with Gasteiger partial charge in [0.05, 0.1) is 0 Å². The van der Waals surface area contributed by atoms with Crippen molar-refractivity contribution in [2.45, 2.75) is 66.3 Å². The number of rotatable bonds is 6. The molecule has 0 atom stereocenters. The summed E-state index contributed by atoms with van der Waals surface area (Å²) < 4.78 is 0. The maximum absolute atomic E-state index is 2.49. The fourth-order valence-corrected chi connectivity index (χ4v) is 2.87. The van der Waals surface area contributed by atoms with Crippen molar-refractivity contribution < 1.29 is 0 Å². The molecule has 1 aliphatic carbocycles. The van der Waals surface area contributed by atoms with Gasteiger partial charge in [0.1, 0.15) is 0 Å². The van der Waals surface area contributed by atoms with Gasteiger partial charge in [-0.25, -0.2) is 0 Å². The quantitative estimate of drug-likeness (QED) is 0.655. The zero-order valence-electron chi connectivity index (χ0n) is 12.2. The molecule has 0 aromatic rings. The molecule has 0 radical (unpaired) electrons. The van der Waals surface area contributed by atoms with Crippen LogP contribution in [0.1, 0.15) is 60.3 Å². The molecule has 0 unspecified atom stereocenters. The number of nitrogens with zero attached hydrogens (tertiary/aromatic N) is 1. The van der Waals surface area contributed by atoms with Gasteiger partial charge in [-0.15, -0.1) is 0 Å². The molecule has 0 amide bonds. The van der Waals surface area contributed by atoms with Crippen molar-refractivity contribution in [3.63, 3.8) is 0 Å². The van der Waals surface area contributed by atoms with Gasteiger partial charge in [0.2, 0.25) is 0 Å². The van der Waals surface area contributed by atoms with Crippen molar-refractivity contribution in [3.05, 3.63) is 0 Å². The van der Waals surface area contributed by atoms with Crippen molar-refractivity contribution in [2.24, 2.45) is 17.3 Å². The predicted molar refractivity (Wildman–Crippen MR) is 72.7 cm³/mol. The second kappa shape index (κ2) is 5.53. The van der Waals surface area contributed by atoms with E-state index < -0.39 is 0 Å². The fourth-order valence-electron chi connectivity index (χ4n) is 2.87. The minimum Gasteiger partial charge on any atom is -0.304 e. The van der Waals surface area contributed by atoms with Crippen molar-refractivity contribution >= 4 is 0 Å². The number of hydrogen-bond acceptors (Lipinski definition) is 1. The molecule has 1 aliphatic rings. The van der Waals surface area contributed by atoms with Gasteiger partial charge >= 0.3 is 0 Å². The Morgan fingerprint density at radius 2 is 1.75 bits per heavy atom. The molecule has 0 aromatic carbocycles. The first kappa shape index (κ1) is 14.0. The van der Waals surface area contributed by atoms with E-state index in [0.717, 1.165) is 11.8 Å². The third-order valence-electron chi connectivity index (χ3n) is 4.96. The highest BCUT2D eigenvalue weighted by atomic mass is 15.1. The normalized spacial score (nSPS) is 30.2. The van der Waals surface area contributed by atoms with E-state index in [2.05, 4.69) is 46.6 Å². The Morgan fingerprint density at radius 1 is 1.19 bits per heavy atom. The summed E-state index contributed by atoms with van der Waals surface area (Å²) >= 11 is 0. The molecule has 0 N–H and O–H groups in total. The first-order valence-electron chi connectivity index (χ1n) is 7.10. The minimum atomic E-state index is 0.690. The van der Waals surface area contributed by atoms with Gasteiger partial charge in [0, 0.05) is 6.04 Å². The van der Waals surface area contributed by atoms with Gasteiger partial charge < -0.3 is 4.90 Å². The highest BCUT2D eigenvalue weighted by Crippen LogP contribution is 2.53. The standard InChI is InChI=1S/C15H31N/c1-7-15(8-9-16(6)13(4)5)10-14(11-15)12(2)3/h12-14H,7-11H2,1-6H3. The van der Waals surface area contributed by atoms with Crippen LogP contribution in [0.4, 0.5) is 0 Å². The van der Waals surface area contributed by atoms with Crippen LogP contribution in [-0.4, -0.2) is 24.5 Å². The van der Waals surface area contributed by atoms with E-state index in [4.69, 9.17) is 0 Å². The van der Waals surface area contributed by atoms with Crippen molar-refractivity contribution in [1.29, 1.82) is 0 Å². The molecular weight excluding hydrogens is 194 g/mol. The molecule has 1 saturated carbocycles. The first-order chi connectivity index (χ1) is 7.40. The lowest BCUT2D eigenvalue weighted by molar-refractivity contribution is 0.00484. The average Bonchev–Trinajstić information content (AvgIpc) is 2.15. The Bertz CT molecular complexity index is 201. The molecule has 0 saturated heterocycles. The summed E-state index contributed by atoms with van der Waals surface area (Å²) in [6, 6.07) is 0.690. The molecule has 0 aliphatic heterocycles. The summed E-state index contributed by atoms with van der Waals surface area (Å²) in [6.07, 6.45) is 5.74. The molecule has 0 aromatic heterocycles. The number of hydrogen-bond donors (Lipinski definition) is 0. The van der Waals surface area contributed by atoms with Gasteiger partial charge in [0.15, 0.2) is 0 Å². The Hall–Kier alpha value is -0.0400. The van der Waals surface area contributed by atoms with Crippen LogP contribution in [-0.2, 0) is 0 Å². The smallest absolute Gasteiger partial charge is 0.00355 e. The van der Waals surface area contributed by atoms with Crippen LogP contribution >= 0.6 is 0 Å². The average molecular weight is 225 g/mol. The van der Waals surface area contributed by atoms with Gasteiger partial charge in [-0.1, -0.05) is 27.2 Å². The zero-order valence-corrected chi connectivity index (χ0v) is 12.2. The summed E-state index contributed by atoms with van der Waals surface area (Å²) in [6.45, 7) is 13.0. The topological polar surface area (TPSA) is 3.24 Å². The summed E-state index contributed by atoms with van der Waals surface area (Å²) in [4.78, 5) is 2.49. The maximum Gasteiger partial charge on any atom is 0.00355 e. The van der Waals surface area contributed by atoms with Gasteiger partial charge in [-0.2, -0.15) is 0 Å². The van der Waals surface area contributed by atoms with Crippen LogP contribution in [0, 0.1) is 17.3 Å². The SMILES string of the molecule is CCC1(CCN(C)C(C)C)CC(C(C)C)C1. The monoisotopic (exact) mass is 225 g/mol. The van der Waals surface area contributed by atoms with Crippen molar-refractivity contribution in [3.8, 4) is 0 Å². The second-order valence-electron chi connectivity index (χ2n) is 6.59. The Balaban J connectivity index is 2.35. The molecule has 0 bridgehead atoms. The lowest BCUT2D eigenvalue weighted by Crippen LogP contribution is -2.42. The third-order valence-corrected chi connectivity index (χ3v) is 4.96. The van der Waals surface area contributed by atoms with E-state index in [1.54, 1.807) is 0 Å². The van der Waals surface area contributed by atoms with Crippen LogP contribution in [0.3, 0.4) is 0 Å². The van der Waals surface area contributed by atoms with E-state index in [0.29, 0.717) is 11.5 Å². The molecule has 16 heavy (non-hydrogen) atoms. The van der Waals surface area contributed by atoms with Crippen LogP contribution < -0.4 is 0 Å². The Kier molecular flexibility index (Phi) is 4.85. The molecule has 1 heteroatoms. The second-order valence-corrected chi connectivity index (χ2v) is 6.59. The van der Waals surface area contributed by atoms with Gasteiger partial charge in [0.25, 0.3) is 0 Å². The largest absolute Gasteiger partial charge is 0.304 e. The molecule has 1 nitrogen and oxygen atoms in total. The molecule has 1 fully saturated rings. The fraction of sp³-hybridized carbons (Fsp3) is 1.00. The van der Waals surface area contributed by atoms with Crippen LogP contribution in [0.15, 0.2) is 0 Å². The van der Waals surface area contributed by atoms with Gasteiger partial charge in [-0.05, 0) is 64.0 Å². The Labute approximate surface area is 103 Å². The minimum absolute atomic E-state index is 0.690. The molecule has 0 spiro atoms. The van der Waals surface area contributed by atoms with E-state index in [-0.39, 0.29) is 0 Å². The molecule has 0 heterocycles. The maximum atomic E-state index is 2.49. The summed E-state index contributed by atoms with van der Waals surface area (Å²) in [5.74, 6) is 1.90. The van der Waals surface area contributed by atoms with E-state index in [9.17, 15) is 0 Å². The molecule has 96 valence electrons. The van der Waals surface area contributed by atoms with Crippen molar-refractivity contribution in [2.75, 3.05) is 13.6 Å². The van der Waals surface area contributed by atoms with Crippen LogP contribution in [0.25, 0.3) is 0 Å². The predicted octanol–water partition coefficient (Wildman–Crippen LogP) is 4.18. The van der Waals surface area contributed by atoms with E-state index >= 15 is 0 Å². The summed E-state index contributed by atoms with van der Waals surface area (Å²) in [5, 5.41) is 0. The van der Waals surface area contributed by atoms with Crippen LogP contribution in [0.2, 0.25) is 0 Å². The summed E-state index contributed by atoms with van der Waals surface area (Å²) in [5.41, 5.74) is 0.693. The first-order valence-corrected chi connectivity index (χ1v) is 7.10. The Morgan fingerprint density at radius 3 is 2.12 bits per heavy atom. The van der Waals surface area contributed by atoms with Crippen molar-refractivity contribution in [1.82, 2.24) is 4.90 Å². The lowest BCUT2D eigenvalue weighted by atomic mass is 9.56.